The minimum atomic E-state index is 0.0501. The molecule has 0 radical (unpaired) electrons. The zero-order valence-corrected chi connectivity index (χ0v) is 11.4. The first-order valence-corrected chi connectivity index (χ1v) is 6.98. The number of rotatable bonds is 5. The van der Waals surface area contributed by atoms with Crippen molar-refractivity contribution in [2.24, 2.45) is 5.92 Å². The van der Waals surface area contributed by atoms with E-state index in [2.05, 4.69) is 29.1 Å². The van der Waals surface area contributed by atoms with E-state index < -0.39 is 0 Å². The molecule has 96 valence electrons. The Bertz CT molecular complexity index is 503. The van der Waals surface area contributed by atoms with Gasteiger partial charge in [0, 0.05) is 6.54 Å². The molecule has 0 spiro atoms. The van der Waals surface area contributed by atoms with Gasteiger partial charge in [0.15, 0.2) is 5.16 Å². The van der Waals surface area contributed by atoms with E-state index >= 15 is 0 Å². The highest BCUT2D eigenvalue weighted by Crippen LogP contribution is 2.18. The predicted octanol–water partition coefficient (Wildman–Crippen LogP) is 2.43. The number of nitrogens with zero attached hydrogens (tertiary/aromatic N) is 1. The Hall–Kier alpha value is -1.49. The molecule has 2 N–H and O–H groups in total. The molecule has 0 unspecified atom stereocenters. The molecule has 1 aromatic carbocycles. The van der Waals surface area contributed by atoms with Crippen molar-refractivity contribution in [1.29, 1.82) is 0 Å². The van der Waals surface area contributed by atoms with E-state index in [0.29, 0.717) is 11.7 Å². The first kappa shape index (κ1) is 13.0. The fraction of sp³-hybridized carbons (Fsp3) is 0.385. The van der Waals surface area contributed by atoms with Crippen LogP contribution in [0.3, 0.4) is 0 Å². The Kier molecular flexibility index (Phi) is 4.25. The third kappa shape index (κ3) is 3.50. The molecule has 0 atom stereocenters. The number of hydrogen-bond acceptors (Lipinski definition) is 3. The van der Waals surface area contributed by atoms with Crippen LogP contribution in [-0.4, -0.2) is 28.2 Å². The molecule has 4 nitrogen and oxygen atoms in total. The summed E-state index contributed by atoms with van der Waals surface area (Å²) in [4.78, 5) is 19.2. The summed E-state index contributed by atoms with van der Waals surface area (Å²) in [6, 6.07) is 7.84. The average Bonchev–Trinajstić information content (AvgIpc) is 2.76. The molecule has 18 heavy (non-hydrogen) atoms. The summed E-state index contributed by atoms with van der Waals surface area (Å²) in [7, 11) is 0. The molecule has 0 aliphatic carbocycles. The second-order valence-corrected chi connectivity index (χ2v) is 5.51. The van der Waals surface area contributed by atoms with Crippen molar-refractivity contribution >= 4 is 28.7 Å². The predicted molar refractivity (Wildman–Crippen MR) is 74.7 cm³/mol. The maximum absolute atomic E-state index is 11.6. The Morgan fingerprint density at radius 2 is 2.22 bits per heavy atom. The third-order valence-corrected chi connectivity index (χ3v) is 3.29. The van der Waals surface area contributed by atoms with E-state index in [1.165, 1.54) is 11.8 Å². The minimum absolute atomic E-state index is 0.0501. The van der Waals surface area contributed by atoms with Crippen molar-refractivity contribution in [3.05, 3.63) is 24.3 Å². The second-order valence-electron chi connectivity index (χ2n) is 4.55. The number of aromatic amines is 1. The normalized spacial score (nSPS) is 11.1. The van der Waals surface area contributed by atoms with Crippen LogP contribution >= 0.6 is 11.8 Å². The Balaban J connectivity index is 1.88. The van der Waals surface area contributed by atoms with Gasteiger partial charge in [-0.15, -0.1) is 0 Å². The van der Waals surface area contributed by atoms with Gasteiger partial charge in [0.2, 0.25) is 5.91 Å². The van der Waals surface area contributed by atoms with Gasteiger partial charge in [0.25, 0.3) is 0 Å². The van der Waals surface area contributed by atoms with Gasteiger partial charge < -0.3 is 10.3 Å². The maximum atomic E-state index is 11.6. The van der Waals surface area contributed by atoms with Crippen LogP contribution < -0.4 is 5.32 Å². The lowest BCUT2D eigenvalue weighted by atomic mass is 10.2. The average molecular weight is 263 g/mol. The van der Waals surface area contributed by atoms with E-state index in [4.69, 9.17) is 0 Å². The monoisotopic (exact) mass is 263 g/mol. The third-order valence-electron chi connectivity index (χ3n) is 2.42. The number of carbonyl (C=O) groups excluding carboxylic acids is 1. The summed E-state index contributed by atoms with van der Waals surface area (Å²) in [5, 5.41) is 3.67. The number of benzene rings is 1. The zero-order valence-electron chi connectivity index (χ0n) is 10.6. The molecule has 0 saturated carbocycles. The second kappa shape index (κ2) is 5.91. The van der Waals surface area contributed by atoms with Gasteiger partial charge in [-0.2, -0.15) is 0 Å². The molecular formula is C13H17N3OS. The van der Waals surface area contributed by atoms with Gasteiger partial charge in [0.1, 0.15) is 0 Å². The molecule has 0 saturated heterocycles. The molecule has 1 amide bonds. The van der Waals surface area contributed by atoms with Gasteiger partial charge >= 0.3 is 0 Å². The van der Waals surface area contributed by atoms with E-state index in [9.17, 15) is 4.79 Å². The molecule has 2 rings (SSSR count). The lowest BCUT2D eigenvalue weighted by Gasteiger charge is -2.06. The van der Waals surface area contributed by atoms with Crippen molar-refractivity contribution in [3.8, 4) is 0 Å². The van der Waals surface area contributed by atoms with Gasteiger partial charge in [-0.25, -0.2) is 4.98 Å². The van der Waals surface area contributed by atoms with Crippen LogP contribution in [-0.2, 0) is 4.79 Å². The van der Waals surface area contributed by atoms with Crippen molar-refractivity contribution in [2.75, 3.05) is 12.3 Å². The topological polar surface area (TPSA) is 57.8 Å². The van der Waals surface area contributed by atoms with E-state index in [-0.39, 0.29) is 5.91 Å². The zero-order chi connectivity index (χ0) is 13.0. The van der Waals surface area contributed by atoms with Crippen LogP contribution in [0, 0.1) is 5.92 Å². The van der Waals surface area contributed by atoms with Crippen LogP contribution in [0.4, 0.5) is 0 Å². The number of para-hydroxylation sites is 2. The molecule has 1 aromatic heterocycles. The fourth-order valence-electron chi connectivity index (χ4n) is 1.50. The van der Waals surface area contributed by atoms with Gasteiger partial charge in [0.05, 0.1) is 16.8 Å². The number of imidazole rings is 1. The number of H-pyrrole nitrogens is 1. The maximum Gasteiger partial charge on any atom is 0.230 e. The molecule has 0 aliphatic rings. The highest BCUT2D eigenvalue weighted by molar-refractivity contribution is 7.99. The number of fused-ring (bicyclic) bond motifs is 1. The number of nitrogens with one attached hydrogen (secondary N) is 2. The first-order chi connectivity index (χ1) is 8.65. The van der Waals surface area contributed by atoms with Crippen molar-refractivity contribution in [2.45, 2.75) is 19.0 Å². The molecule has 0 bridgehead atoms. The van der Waals surface area contributed by atoms with E-state index in [1.807, 2.05) is 24.3 Å². The van der Waals surface area contributed by atoms with Gasteiger partial charge in [-0.3, -0.25) is 4.79 Å². The number of thioether (sulfide) groups is 1. The molecule has 0 aliphatic heterocycles. The van der Waals surface area contributed by atoms with Gasteiger partial charge in [-0.05, 0) is 18.1 Å². The Labute approximate surface area is 111 Å². The van der Waals surface area contributed by atoms with E-state index in [1.54, 1.807) is 0 Å². The first-order valence-electron chi connectivity index (χ1n) is 5.99. The smallest absolute Gasteiger partial charge is 0.230 e. The summed E-state index contributed by atoms with van der Waals surface area (Å²) in [5.74, 6) is 0.923. The summed E-state index contributed by atoms with van der Waals surface area (Å²) in [5.41, 5.74) is 1.94. The fourth-order valence-corrected chi connectivity index (χ4v) is 2.22. The molecule has 5 heteroatoms. The van der Waals surface area contributed by atoms with Crippen LogP contribution in [0.2, 0.25) is 0 Å². The summed E-state index contributed by atoms with van der Waals surface area (Å²) in [6.45, 7) is 4.87. The van der Waals surface area contributed by atoms with Crippen molar-refractivity contribution < 1.29 is 4.79 Å². The Morgan fingerprint density at radius 1 is 1.44 bits per heavy atom. The standard InChI is InChI=1S/C13H17N3OS/c1-9(2)7-14-12(17)8-18-13-15-10-5-3-4-6-11(10)16-13/h3-6,9H,7-8H2,1-2H3,(H,14,17)(H,15,16). The summed E-state index contributed by atoms with van der Waals surface area (Å²) < 4.78 is 0. The quantitative estimate of drug-likeness (QED) is 0.815. The number of aromatic nitrogens is 2. The largest absolute Gasteiger partial charge is 0.355 e. The van der Waals surface area contributed by atoms with Crippen molar-refractivity contribution in [3.63, 3.8) is 0 Å². The molecular weight excluding hydrogens is 246 g/mol. The highest BCUT2D eigenvalue weighted by atomic mass is 32.2. The minimum Gasteiger partial charge on any atom is -0.355 e. The lowest BCUT2D eigenvalue weighted by molar-refractivity contribution is -0.118. The lowest BCUT2D eigenvalue weighted by Crippen LogP contribution is -2.28. The van der Waals surface area contributed by atoms with Crippen LogP contribution in [0.1, 0.15) is 13.8 Å². The molecule has 0 fully saturated rings. The van der Waals surface area contributed by atoms with Crippen LogP contribution in [0.25, 0.3) is 11.0 Å². The van der Waals surface area contributed by atoms with Crippen molar-refractivity contribution in [1.82, 2.24) is 15.3 Å². The molecule has 2 aromatic rings. The van der Waals surface area contributed by atoms with Crippen LogP contribution in [0.5, 0.6) is 0 Å². The van der Waals surface area contributed by atoms with Crippen LogP contribution in [0.15, 0.2) is 29.4 Å². The Morgan fingerprint density at radius 3 is 2.94 bits per heavy atom. The summed E-state index contributed by atoms with van der Waals surface area (Å²) >= 11 is 1.43. The van der Waals surface area contributed by atoms with E-state index in [0.717, 1.165) is 22.7 Å². The van der Waals surface area contributed by atoms with Gasteiger partial charge in [-0.1, -0.05) is 37.7 Å². The highest BCUT2D eigenvalue weighted by Gasteiger charge is 2.06. The number of carbonyl (C=O) groups is 1. The molecule has 1 heterocycles. The number of hydrogen-bond donors (Lipinski definition) is 2. The SMILES string of the molecule is CC(C)CNC(=O)CSc1nc2ccccc2[nH]1. The number of amides is 1. The summed E-state index contributed by atoms with van der Waals surface area (Å²) in [6.07, 6.45) is 0.